The number of alkyl halides is 1. The van der Waals surface area contributed by atoms with Gasteiger partial charge in [0.05, 0.1) is 0 Å². The topological polar surface area (TPSA) is 26.0 Å². The van der Waals surface area contributed by atoms with Gasteiger partial charge in [-0.05, 0) is 17.7 Å². The second-order valence-corrected chi connectivity index (χ2v) is 2.44. The van der Waals surface area contributed by atoms with E-state index in [0.717, 1.165) is 11.0 Å². The van der Waals surface area contributed by atoms with Gasteiger partial charge in [-0.25, -0.2) is 0 Å². The van der Waals surface area contributed by atoms with Crippen LogP contribution in [0.2, 0.25) is 0 Å². The van der Waals surface area contributed by atoms with Gasteiger partial charge in [-0.15, -0.1) is 0 Å². The van der Waals surface area contributed by atoms with Crippen LogP contribution in [0.15, 0.2) is 24.3 Å². The maximum Gasteiger partial charge on any atom is 0.0314 e. The predicted molar refractivity (Wildman–Crippen MR) is 54.8 cm³/mol. The summed E-state index contributed by atoms with van der Waals surface area (Å²) in [4.78, 5) is 0. The average Bonchev–Trinajstić information content (AvgIpc) is 2.10. The van der Waals surface area contributed by atoms with Crippen molar-refractivity contribution >= 4 is 21.6 Å². The summed E-state index contributed by atoms with van der Waals surface area (Å²) in [5.74, 6) is 0. The number of benzene rings is 1. The molecule has 0 fully saturated rings. The molecule has 1 aromatic rings. The lowest BCUT2D eigenvalue weighted by molar-refractivity contribution is 1.44. The molecule has 0 radical (unpaired) electrons. The first-order valence-electron chi connectivity index (χ1n) is 3.73. The van der Waals surface area contributed by atoms with Crippen molar-refractivity contribution in [2.75, 3.05) is 5.73 Å². The number of nitrogens with two attached hydrogens (primary N) is 1. The van der Waals surface area contributed by atoms with Gasteiger partial charge in [-0.3, -0.25) is 0 Å². The molecule has 0 heterocycles. The smallest absolute Gasteiger partial charge is 0.0314 e. The van der Waals surface area contributed by atoms with Gasteiger partial charge in [0.2, 0.25) is 0 Å². The van der Waals surface area contributed by atoms with E-state index >= 15 is 0 Å². The molecule has 0 aliphatic rings. The molecule has 0 aliphatic carbocycles. The Morgan fingerprint density at radius 1 is 1.18 bits per heavy atom. The Morgan fingerprint density at radius 3 is 2.00 bits per heavy atom. The van der Waals surface area contributed by atoms with Crippen molar-refractivity contribution in [3.05, 3.63) is 29.8 Å². The van der Waals surface area contributed by atoms with Gasteiger partial charge in [0.1, 0.15) is 0 Å². The Kier molecular flexibility index (Phi) is 5.94. The highest BCUT2D eigenvalue weighted by Gasteiger charge is 1.86. The molecular formula is C9H14BrN. The summed E-state index contributed by atoms with van der Waals surface area (Å²) < 4.78 is 0. The minimum Gasteiger partial charge on any atom is -0.399 e. The second kappa shape index (κ2) is 6.23. The molecule has 0 bridgehead atoms. The highest BCUT2D eigenvalue weighted by molar-refractivity contribution is 9.08. The summed E-state index contributed by atoms with van der Waals surface area (Å²) in [5.41, 5.74) is 7.54. The van der Waals surface area contributed by atoms with E-state index in [1.54, 1.807) is 0 Å². The fraction of sp³-hybridized carbons (Fsp3) is 0.333. The highest BCUT2D eigenvalue weighted by Crippen LogP contribution is 2.07. The molecule has 2 N–H and O–H groups in total. The van der Waals surface area contributed by atoms with E-state index < -0.39 is 0 Å². The summed E-state index contributed by atoms with van der Waals surface area (Å²) in [6, 6.07) is 7.81. The number of nitrogen functional groups attached to an aromatic ring is 1. The molecule has 1 rings (SSSR count). The van der Waals surface area contributed by atoms with Gasteiger partial charge >= 0.3 is 0 Å². The van der Waals surface area contributed by atoms with E-state index in [9.17, 15) is 0 Å². The number of hydrogen-bond donors (Lipinski definition) is 1. The first-order valence-corrected chi connectivity index (χ1v) is 4.85. The number of anilines is 1. The standard InChI is InChI=1S/C7H8BrN.C2H6/c8-5-6-1-3-7(9)4-2-6;1-2/h1-4H,5,9H2;1-2H3. The first kappa shape index (κ1) is 10.5. The molecule has 1 nitrogen and oxygen atoms in total. The lowest BCUT2D eigenvalue weighted by Crippen LogP contribution is -1.83. The van der Waals surface area contributed by atoms with Crippen molar-refractivity contribution < 1.29 is 0 Å². The SMILES string of the molecule is CC.Nc1ccc(CBr)cc1. The largest absolute Gasteiger partial charge is 0.399 e. The summed E-state index contributed by atoms with van der Waals surface area (Å²) >= 11 is 3.34. The van der Waals surface area contributed by atoms with Crippen LogP contribution >= 0.6 is 15.9 Å². The molecule has 0 unspecified atom stereocenters. The molecule has 0 atom stereocenters. The van der Waals surface area contributed by atoms with E-state index in [0.29, 0.717) is 0 Å². The summed E-state index contributed by atoms with van der Waals surface area (Å²) in [6.07, 6.45) is 0. The van der Waals surface area contributed by atoms with E-state index in [4.69, 9.17) is 5.73 Å². The normalized spacial score (nSPS) is 8.27. The van der Waals surface area contributed by atoms with Crippen LogP contribution in [0.1, 0.15) is 19.4 Å². The Hall–Kier alpha value is -0.500. The Bertz CT molecular complexity index is 181. The maximum atomic E-state index is 5.47. The molecule has 0 aromatic heterocycles. The average molecular weight is 216 g/mol. The minimum atomic E-state index is 0.819. The number of halogens is 1. The zero-order valence-electron chi connectivity index (χ0n) is 6.97. The third-order valence-electron chi connectivity index (χ3n) is 1.13. The predicted octanol–water partition coefficient (Wildman–Crippen LogP) is 3.19. The third kappa shape index (κ3) is 4.04. The lowest BCUT2D eigenvalue weighted by atomic mass is 10.2. The second-order valence-electron chi connectivity index (χ2n) is 1.88. The summed E-state index contributed by atoms with van der Waals surface area (Å²) in [5, 5.41) is 0.896. The van der Waals surface area contributed by atoms with E-state index in [1.807, 2.05) is 38.1 Å². The monoisotopic (exact) mass is 215 g/mol. The van der Waals surface area contributed by atoms with Crippen LogP contribution in [0.3, 0.4) is 0 Å². The molecular weight excluding hydrogens is 202 g/mol. The van der Waals surface area contributed by atoms with Gasteiger partial charge < -0.3 is 5.73 Å². The van der Waals surface area contributed by atoms with Crippen LogP contribution in [0.4, 0.5) is 5.69 Å². The van der Waals surface area contributed by atoms with E-state index in [-0.39, 0.29) is 0 Å². The summed E-state index contributed by atoms with van der Waals surface area (Å²) in [6.45, 7) is 4.00. The number of rotatable bonds is 1. The Labute approximate surface area is 76.7 Å². The fourth-order valence-electron chi connectivity index (χ4n) is 0.607. The highest BCUT2D eigenvalue weighted by atomic mass is 79.9. The van der Waals surface area contributed by atoms with Crippen LogP contribution in [0.5, 0.6) is 0 Å². The quantitative estimate of drug-likeness (QED) is 0.566. The van der Waals surface area contributed by atoms with E-state index in [1.165, 1.54) is 5.56 Å². The van der Waals surface area contributed by atoms with Crippen LogP contribution < -0.4 is 5.73 Å². The number of hydrogen-bond acceptors (Lipinski definition) is 1. The Morgan fingerprint density at radius 2 is 1.64 bits per heavy atom. The third-order valence-corrected chi connectivity index (χ3v) is 1.78. The van der Waals surface area contributed by atoms with Crippen molar-refractivity contribution in [3.8, 4) is 0 Å². The molecule has 62 valence electrons. The van der Waals surface area contributed by atoms with Crippen molar-refractivity contribution in [3.63, 3.8) is 0 Å². The fourth-order valence-corrected chi connectivity index (χ4v) is 0.981. The molecule has 0 saturated carbocycles. The van der Waals surface area contributed by atoms with Crippen molar-refractivity contribution in [2.45, 2.75) is 19.2 Å². The zero-order valence-corrected chi connectivity index (χ0v) is 8.56. The van der Waals surface area contributed by atoms with Gasteiger partial charge in [0.15, 0.2) is 0 Å². The maximum absolute atomic E-state index is 5.47. The van der Waals surface area contributed by atoms with Crippen molar-refractivity contribution in [2.24, 2.45) is 0 Å². The van der Waals surface area contributed by atoms with E-state index in [2.05, 4.69) is 15.9 Å². The van der Waals surface area contributed by atoms with Crippen LogP contribution in [-0.4, -0.2) is 0 Å². The van der Waals surface area contributed by atoms with Crippen molar-refractivity contribution in [1.29, 1.82) is 0 Å². The van der Waals surface area contributed by atoms with Gasteiger partial charge in [-0.1, -0.05) is 41.9 Å². The van der Waals surface area contributed by atoms with Crippen LogP contribution in [0, 0.1) is 0 Å². The van der Waals surface area contributed by atoms with Gasteiger partial charge in [0.25, 0.3) is 0 Å². The first-order chi connectivity index (χ1) is 5.33. The van der Waals surface area contributed by atoms with Crippen LogP contribution in [0.25, 0.3) is 0 Å². The molecule has 0 spiro atoms. The molecule has 0 saturated heterocycles. The zero-order chi connectivity index (χ0) is 8.69. The van der Waals surface area contributed by atoms with Crippen molar-refractivity contribution in [1.82, 2.24) is 0 Å². The van der Waals surface area contributed by atoms with Gasteiger partial charge in [0, 0.05) is 11.0 Å². The molecule has 0 aliphatic heterocycles. The molecule has 2 heteroatoms. The molecule has 1 aromatic carbocycles. The molecule has 0 amide bonds. The Balaban J connectivity index is 0.000000461. The molecule has 11 heavy (non-hydrogen) atoms. The minimum absolute atomic E-state index is 0.819. The lowest BCUT2D eigenvalue weighted by Gasteiger charge is -1.93. The van der Waals surface area contributed by atoms with Gasteiger partial charge in [-0.2, -0.15) is 0 Å². The van der Waals surface area contributed by atoms with Crippen LogP contribution in [-0.2, 0) is 5.33 Å². The summed E-state index contributed by atoms with van der Waals surface area (Å²) in [7, 11) is 0.